The van der Waals surface area contributed by atoms with Crippen molar-refractivity contribution in [1.29, 1.82) is 0 Å². The molecule has 0 amide bonds. The van der Waals surface area contributed by atoms with Crippen LogP contribution < -0.4 is 0 Å². The predicted octanol–water partition coefficient (Wildman–Crippen LogP) is 2.03. The highest BCUT2D eigenvalue weighted by Gasteiger charge is 2.18. The van der Waals surface area contributed by atoms with Crippen molar-refractivity contribution in [1.82, 2.24) is 19.6 Å². The van der Waals surface area contributed by atoms with E-state index >= 15 is 0 Å². The van der Waals surface area contributed by atoms with Crippen LogP contribution in [0.2, 0.25) is 0 Å². The summed E-state index contributed by atoms with van der Waals surface area (Å²) in [6.45, 7) is 8.96. The Labute approximate surface area is 118 Å². The molecule has 0 radical (unpaired) electrons. The summed E-state index contributed by atoms with van der Waals surface area (Å²) < 4.78 is 3.68. The van der Waals surface area contributed by atoms with Crippen LogP contribution in [0.25, 0.3) is 0 Å². The molecule has 2 heterocycles. The molecule has 1 N–H and O–H groups in total. The van der Waals surface area contributed by atoms with E-state index in [0.717, 1.165) is 24.4 Å². The van der Waals surface area contributed by atoms with Crippen molar-refractivity contribution in [2.24, 2.45) is 0 Å². The quantitative estimate of drug-likeness (QED) is 0.906. The normalized spacial score (nSPS) is 11.0. The van der Waals surface area contributed by atoms with Gasteiger partial charge in [-0.3, -0.25) is 9.36 Å². The highest BCUT2D eigenvalue weighted by molar-refractivity contribution is 5.90. The third-order valence-corrected chi connectivity index (χ3v) is 3.48. The number of aromatic carboxylic acids is 1. The van der Waals surface area contributed by atoms with Gasteiger partial charge in [0.25, 0.3) is 0 Å². The summed E-state index contributed by atoms with van der Waals surface area (Å²) in [6.07, 6.45) is 0.886. The zero-order valence-electron chi connectivity index (χ0n) is 12.3. The van der Waals surface area contributed by atoms with Gasteiger partial charge >= 0.3 is 5.97 Å². The minimum atomic E-state index is -0.926. The maximum absolute atomic E-state index is 11.2. The molecule has 108 valence electrons. The molecule has 2 aromatic rings. The first-order valence-electron chi connectivity index (χ1n) is 6.80. The van der Waals surface area contributed by atoms with E-state index in [1.165, 1.54) is 0 Å². The minimum absolute atomic E-state index is 0.295. The molecule has 6 heteroatoms. The van der Waals surface area contributed by atoms with E-state index < -0.39 is 5.97 Å². The smallest absolute Gasteiger partial charge is 0.339 e. The van der Waals surface area contributed by atoms with Crippen LogP contribution in [-0.4, -0.2) is 30.6 Å². The SMILES string of the molecule is CCc1cc(Cn2nc(C)c(C(=O)O)c2C)n(CC)n1. The largest absolute Gasteiger partial charge is 0.478 e. The molecule has 0 saturated carbocycles. The van der Waals surface area contributed by atoms with Gasteiger partial charge in [-0.2, -0.15) is 10.2 Å². The Kier molecular flexibility index (Phi) is 3.92. The third kappa shape index (κ3) is 2.45. The fourth-order valence-corrected chi connectivity index (χ4v) is 2.40. The van der Waals surface area contributed by atoms with Gasteiger partial charge in [0.1, 0.15) is 5.56 Å². The molecule has 6 nitrogen and oxygen atoms in total. The summed E-state index contributed by atoms with van der Waals surface area (Å²) in [4.78, 5) is 11.2. The van der Waals surface area contributed by atoms with Crippen LogP contribution in [0.3, 0.4) is 0 Å². The van der Waals surface area contributed by atoms with Crippen LogP contribution in [0, 0.1) is 13.8 Å². The lowest BCUT2D eigenvalue weighted by atomic mass is 10.2. The Bertz CT molecular complexity index is 640. The average Bonchev–Trinajstić information content (AvgIpc) is 2.91. The molecule has 0 spiro atoms. The number of aromatic nitrogens is 4. The maximum Gasteiger partial charge on any atom is 0.339 e. The van der Waals surface area contributed by atoms with E-state index in [-0.39, 0.29) is 0 Å². The van der Waals surface area contributed by atoms with Gasteiger partial charge in [0.2, 0.25) is 0 Å². The second-order valence-electron chi connectivity index (χ2n) is 4.80. The van der Waals surface area contributed by atoms with Crippen molar-refractivity contribution in [3.05, 3.63) is 34.4 Å². The number of hydrogen-bond donors (Lipinski definition) is 1. The highest BCUT2D eigenvalue weighted by Crippen LogP contribution is 2.15. The van der Waals surface area contributed by atoms with E-state index in [1.807, 2.05) is 11.6 Å². The van der Waals surface area contributed by atoms with E-state index in [4.69, 9.17) is 0 Å². The molecule has 0 aliphatic heterocycles. The summed E-state index contributed by atoms with van der Waals surface area (Å²) in [5, 5.41) is 18.0. The molecule has 20 heavy (non-hydrogen) atoms. The van der Waals surface area contributed by atoms with Crippen molar-refractivity contribution >= 4 is 5.97 Å². The Morgan fingerprint density at radius 3 is 2.45 bits per heavy atom. The van der Waals surface area contributed by atoms with Crippen molar-refractivity contribution in [3.8, 4) is 0 Å². The molecular weight excluding hydrogens is 256 g/mol. The van der Waals surface area contributed by atoms with E-state index in [9.17, 15) is 9.90 Å². The number of aryl methyl sites for hydroxylation is 3. The van der Waals surface area contributed by atoms with Crippen LogP contribution in [0.15, 0.2) is 6.07 Å². The summed E-state index contributed by atoms with van der Waals surface area (Å²) in [6, 6.07) is 2.06. The molecule has 0 atom stereocenters. The molecule has 0 saturated heterocycles. The second kappa shape index (κ2) is 5.48. The predicted molar refractivity (Wildman–Crippen MR) is 75.0 cm³/mol. The standard InChI is InChI=1S/C14H20N4O2/c1-5-11-7-12(17(6-2)16-11)8-18-10(4)13(14(19)20)9(3)15-18/h7H,5-6,8H2,1-4H3,(H,19,20). The van der Waals surface area contributed by atoms with Gasteiger partial charge in [-0.1, -0.05) is 6.92 Å². The second-order valence-corrected chi connectivity index (χ2v) is 4.80. The van der Waals surface area contributed by atoms with Gasteiger partial charge in [0.05, 0.1) is 29.3 Å². The van der Waals surface area contributed by atoms with Crippen LogP contribution in [0.5, 0.6) is 0 Å². The van der Waals surface area contributed by atoms with Gasteiger partial charge in [0, 0.05) is 6.54 Å². The number of carbonyl (C=O) groups is 1. The van der Waals surface area contributed by atoms with Crippen molar-refractivity contribution in [3.63, 3.8) is 0 Å². The minimum Gasteiger partial charge on any atom is -0.478 e. The van der Waals surface area contributed by atoms with Crippen molar-refractivity contribution in [2.75, 3.05) is 0 Å². The number of nitrogens with zero attached hydrogens (tertiary/aromatic N) is 4. The lowest BCUT2D eigenvalue weighted by Crippen LogP contribution is -2.10. The summed E-state index contributed by atoms with van der Waals surface area (Å²) in [5.41, 5.74) is 3.61. The van der Waals surface area contributed by atoms with Gasteiger partial charge < -0.3 is 5.11 Å². The monoisotopic (exact) mass is 276 g/mol. The number of hydrogen-bond acceptors (Lipinski definition) is 3. The van der Waals surface area contributed by atoms with Crippen molar-refractivity contribution in [2.45, 2.75) is 47.2 Å². The Hall–Kier alpha value is -2.11. The van der Waals surface area contributed by atoms with E-state index in [0.29, 0.717) is 23.5 Å². The maximum atomic E-state index is 11.2. The summed E-state index contributed by atoms with van der Waals surface area (Å²) in [7, 11) is 0. The van der Waals surface area contributed by atoms with Crippen LogP contribution in [0.1, 0.15) is 47.0 Å². The molecule has 0 unspecified atom stereocenters. The summed E-state index contributed by atoms with van der Waals surface area (Å²) in [5.74, 6) is -0.926. The van der Waals surface area contributed by atoms with Gasteiger partial charge in [0.15, 0.2) is 0 Å². The number of carboxylic acids is 1. The van der Waals surface area contributed by atoms with Gasteiger partial charge in [-0.05, 0) is 33.3 Å². The topological polar surface area (TPSA) is 72.9 Å². The zero-order chi connectivity index (χ0) is 14.9. The number of carboxylic acid groups (broad SMARTS) is 1. The fourth-order valence-electron chi connectivity index (χ4n) is 2.40. The molecule has 0 aliphatic carbocycles. The first-order valence-corrected chi connectivity index (χ1v) is 6.80. The molecule has 0 aromatic carbocycles. The highest BCUT2D eigenvalue weighted by atomic mass is 16.4. The Morgan fingerprint density at radius 2 is 1.95 bits per heavy atom. The van der Waals surface area contributed by atoms with Crippen LogP contribution in [-0.2, 0) is 19.5 Å². The van der Waals surface area contributed by atoms with Crippen LogP contribution >= 0.6 is 0 Å². The molecule has 2 aromatic heterocycles. The van der Waals surface area contributed by atoms with E-state index in [1.54, 1.807) is 18.5 Å². The first-order chi connectivity index (χ1) is 9.47. The molecule has 0 bridgehead atoms. The van der Waals surface area contributed by atoms with E-state index in [2.05, 4.69) is 23.2 Å². The number of rotatable bonds is 5. The van der Waals surface area contributed by atoms with Crippen molar-refractivity contribution < 1.29 is 9.90 Å². The van der Waals surface area contributed by atoms with Gasteiger partial charge in [-0.15, -0.1) is 0 Å². The van der Waals surface area contributed by atoms with Gasteiger partial charge in [-0.25, -0.2) is 4.79 Å². The summed E-state index contributed by atoms with van der Waals surface area (Å²) >= 11 is 0. The molecular formula is C14H20N4O2. The fraction of sp³-hybridized carbons (Fsp3) is 0.500. The Balaban J connectivity index is 2.37. The lowest BCUT2D eigenvalue weighted by molar-refractivity contribution is 0.0695. The molecule has 0 fully saturated rings. The first kappa shape index (κ1) is 14.3. The zero-order valence-corrected chi connectivity index (χ0v) is 12.3. The Morgan fingerprint density at radius 1 is 1.25 bits per heavy atom. The third-order valence-electron chi connectivity index (χ3n) is 3.48. The average molecular weight is 276 g/mol. The lowest BCUT2D eigenvalue weighted by Gasteiger charge is -2.06. The molecule has 0 aliphatic rings. The van der Waals surface area contributed by atoms with Crippen LogP contribution in [0.4, 0.5) is 0 Å². The molecule has 2 rings (SSSR count).